The van der Waals surface area contributed by atoms with Crippen LogP contribution in [0.5, 0.6) is 0 Å². The third-order valence-corrected chi connectivity index (χ3v) is 4.24. The Kier molecular flexibility index (Phi) is 5.21. The Balaban J connectivity index is 1.72. The maximum Gasteiger partial charge on any atom is 0.00884 e. The van der Waals surface area contributed by atoms with Crippen LogP contribution in [0.15, 0.2) is 30.3 Å². The van der Waals surface area contributed by atoms with Crippen molar-refractivity contribution in [2.75, 3.05) is 26.7 Å². The topological polar surface area (TPSA) is 15.3 Å². The molecule has 0 saturated carbocycles. The molecule has 1 aliphatic heterocycles. The normalized spacial score (nSPS) is 19.9. The summed E-state index contributed by atoms with van der Waals surface area (Å²) < 4.78 is 0. The summed E-state index contributed by atoms with van der Waals surface area (Å²) in [6.07, 6.45) is 3.88. The largest absolute Gasteiger partial charge is 0.317 e. The second-order valence-electron chi connectivity index (χ2n) is 5.50. The highest BCUT2D eigenvalue weighted by molar-refractivity contribution is 5.18. The van der Waals surface area contributed by atoms with Gasteiger partial charge >= 0.3 is 0 Å². The van der Waals surface area contributed by atoms with Crippen LogP contribution in [0, 0.1) is 0 Å². The minimum atomic E-state index is 0.674. The highest BCUT2D eigenvalue weighted by Gasteiger charge is 2.17. The highest BCUT2D eigenvalue weighted by atomic mass is 15.1. The minimum Gasteiger partial charge on any atom is -0.317 e. The van der Waals surface area contributed by atoms with E-state index in [-0.39, 0.29) is 0 Å². The van der Waals surface area contributed by atoms with Crippen LogP contribution in [0.4, 0.5) is 0 Å². The average molecular weight is 246 g/mol. The van der Waals surface area contributed by atoms with E-state index in [2.05, 4.69) is 54.5 Å². The molecular weight excluding hydrogens is 220 g/mol. The van der Waals surface area contributed by atoms with Crippen LogP contribution in [-0.4, -0.2) is 37.6 Å². The maximum atomic E-state index is 3.39. The molecule has 1 saturated heterocycles. The summed E-state index contributed by atoms with van der Waals surface area (Å²) in [5.74, 6) is 0.674. The lowest BCUT2D eigenvalue weighted by molar-refractivity contribution is 0.196. The van der Waals surface area contributed by atoms with Gasteiger partial charge in [-0.1, -0.05) is 37.3 Å². The van der Waals surface area contributed by atoms with Crippen molar-refractivity contribution < 1.29 is 0 Å². The molecule has 0 amide bonds. The van der Waals surface area contributed by atoms with Crippen molar-refractivity contribution in [3.63, 3.8) is 0 Å². The first-order valence-electron chi connectivity index (χ1n) is 7.24. The van der Waals surface area contributed by atoms with Crippen molar-refractivity contribution >= 4 is 0 Å². The Morgan fingerprint density at radius 3 is 2.50 bits per heavy atom. The molecule has 1 heterocycles. The van der Waals surface area contributed by atoms with Crippen LogP contribution in [0.25, 0.3) is 0 Å². The highest BCUT2D eigenvalue weighted by Crippen LogP contribution is 2.20. The smallest absolute Gasteiger partial charge is 0.00884 e. The van der Waals surface area contributed by atoms with Crippen molar-refractivity contribution in [2.45, 2.75) is 38.1 Å². The van der Waals surface area contributed by atoms with E-state index in [1.54, 1.807) is 0 Å². The van der Waals surface area contributed by atoms with E-state index in [0.29, 0.717) is 5.92 Å². The van der Waals surface area contributed by atoms with E-state index in [4.69, 9.17) is 0 Å². The van der Waals surface area contributed by atoms with Crippen molar-refractivity contribution in [3.8, 4) is 0 Å². The quantitative estimate of drug-likeness (QED) is 0.859. The lowest BCUT2D eigenvalue weighted by Crippen LogP contribution is -2.41. The molecule has 0 aliphatic carbocycles. The van der Waals surface area contributed by atoms with Gasteiger partial charge in [-0.25, -0.2) is 0 Å². The number of nitrogens with one attached hydrogen (secondary N) is 1. The van der Waals surface area contributed by atoms with Gasteiger partial charge in [0.05, 0.1) is 0 Å². The minimum absolute atomic E-state index is 0.674. The van der Waals surface area contributed by atoms with Crippen LogP contribution >= 0.6 is 0 Å². The van der Waals surface area contributed by atoms with Crippen LogP contribution < -0.4 is 5.32 Å². The summed E-state index contributed by atoms with van der Waals surface area (Å²) in [4.78, 5) is 2.62. The fourth-order valence-electron chi connectivity index (χ4n) is 2.77. The Labute approximate surface area is 111 Å². The first-order chi connectivity index (χ1) is 8.79. The van der Waals surface area contributed by atoms with Crippen molar-refractivity contribution in [2.24, 2.45) is 0 Å². The number of hydrogen-bond donors (Lipinski definition) is 1. The first kappa shape index (κ1) is 13.6. The molecule has 0 bridgehead atoms. The molecule has 0 spiro atoms. The zero-order valence-corrected chi connectivity index (χ0v) is 11.7. The molecule has 0 radical (unpaired) electrons. The standard InChI is InChI=1S/C16H26N2/c1-14(15-6-4-3-5-7-15)8-11-18-12-9-16(17-2)10-13-18/h3-7,14,16-17H,8-13H2,1-2H3. The Morgan fingerprint density at radius 2 is 1.89 bits per heavy atom. The number of nitrogens with zero attached hydrogens (tertiary/aromatic N) is 1. The van der Waals surface area contributed by atoms with Gasteiger partial charge in [-0.3, -0.25) is 0 Å². The third-order valence-electron chi connectivity index (χ3n) is 4.24. The fraction of sp³-hybridized carbons (Fsp3) is 0.625. The van der Waals surface area contributed by atoms with E-state index in [9.17, 15) is 0 Å². The predicted octanol–water partition coefficient (Wildman–Crippen LogP) is 2.86. The van der Waals surface area contributed by atoms with Crippen LogP contribution in [0.2, 0.25) is 0 Å². The summed E-state index contributed by atoms with van der Waals surface area (Å²) in [6, 6.07) is 11.6. The monoisotopic (exact) mass is 246 g/mol. The van der Waals surface area contributed by atoms with Crippen LogP contribution in [-0.2, 0) is 0 Å². The molecule has 2 rings (SSSR count). The van der Waals surface area contributed by atoms with Gasteiger partial charge < -0.3 is 10.2 Å². The molecule has 1 aliphatic rings. The van der Waals surface area contributed by atoms with Gasteiger partial charge in [0.15, 0.2) is 0 Å². The van der Waals surface area contributed by atoms with E-state index >= 15 is 0 Å². The Morgan fingerprint density at radius 1 is 1.22 bits per heavy atom. The second kappa shape index (κ2) is 6.91. The van der Waals surface area contributed by atoms with Crippen molar-refractivity contribution in [3.05, 3.63) is 35.9 Å². The molecule has 1 N–H and O–H groups in total. The Hall–Kier alpha value is -0.860. The average Bonchev–Trinajstić information content (AvgIpc) is 2.46. The van der Waals surface area contributed by atoms with Gasteiger partial charge in [-0.2, -0.15) is 0 Å². The second-order valence-corrected chi connectivity index (χ2v) is 5.50. The fourth-order valence-corrected chi connectivity index (χ4v) is 2.77. The molecule has 1 aromatic carbocycles. The number of likely N-dealkylation sites (tertiary alicyclic amines) is 1. The number of rotatable bonds is 5. The summed E-state index contributed by atoms with van der Waals surface area (Å²) in [6.45, 7) is 6.10. The summed E-state index contributed by atoms with van der Waals surface area (Å²) >= 11 is 0. The number of hydrogen-bond acceptors (Lipinski definition) is 2. The SMILES string of the molecule is CNC1CCN(CCC(C)c2ccccc2)CC1. The molecule has 1 unspecified atom stereocenters. The van der Waals surface area contributed by atoms with Gasteiger partial charge in [-0.05, 0) is 57.4 Å². The number of piperidine rings is 1. The molecule has 1 aromatic rings. The van der Waals surface area contributed by atoms with Crippen LogP contribution in [0.3, 0.4) is 0 Å². The predicted molar refractivity (Wildman–Crippen MR) is 78.0 cm³/mol. The van der Waals surface area contributed by atoms with Crippen molar-refractivity contribution in [1.82, 2.24) is 10.2 Å². The molecule has 18 heavy (non-hydrogen) atoms. The van der Waals surface area contributed by atoms with Gasteiger partial charge in [0.1, 0.15) is 0 Å². The van der Waals surface area contributed by atoms with E-state index in [1.807, 2.05) is 0 Å². The van der Waals surface area contributed by atoms with Gasteiger partial charge in [-0.15, -0.1) is 0 Å². The van der Waals surface area contributed by atoms with E-state index in [0.717, 1.165) is 6.04 Å². The summed E-state index contributed by atoms with van der Waals surface area (Å²) in [7, 11) is 2.08. The molecule has 1 atom stereocenters. The summed E-state index contributed by atoms with van der Waals surface area (Å²) in [5, 5.41) is 3.39. The van der Waals surface area contributed by atoms with Crippen molar-refractivity contribution in [1.29, 1.82) is 0 Å². The zero-order valence-electron chi connectivity index (χ0n) is 11.7. The van der Waals surface area contributed by atoms with Crippen LogP contribution in [0.1, 0.15) is 37.7 Å². The molecule has 0 aromatic heterocycles. The molecule has 2 heteroatoms. The molecule has 1 fully saturated rings. The first-order valence-corrected chi connectivity index (χ1v) is 7.24. The number of benzene rings is 1. The maximum absolute atomic E-state index is 3.39. The van der Waals surface area contributed by atoms with Gasteiger partial charge in [0, 0.05) is 6.04 Å². The lowest BCUT2D eigenvalue weighted by atomic mass is 9.97. The summed E-state index contributed by atoms with van der Waals surface area (Å²) in [5.41, 5.74) is 1.47. The molecule has 100 valence electrons. The molecular formula is C16H26N2. The van der Waals surface area contributed by atoms with Gasteiger partial charge in [0.25, 0.3) is 0 Å². The molecule has 2 nitrogen and oxygen atoms in total. The zero-order chi connectivity index (χ0) is 12.8. The lowest BCUT2D eigenvalue weighted by Gasteiger charge is -2.32. The van der Waals surface area contributed by atoms with E-state index < -0.39 is 0 Å². The Bertz CT molecular complexity index is 328. The third kappa shape index (κ3) is 3.82. The van der Waals surface area contributed by atoms with E-state index in [1.165, 1.54) is 44.5 Å². The van der Waals surface area contributed by atoms with Gasteiger partial charge in [0.2, 0.25) is 0 Å².